The van der Waals surface area contributed by atoms with Crippen LogP contribution in [0.1, 0.15) is 5.69 Å². The van der Waals surface area contributed by atoms with Crippen LogP contribution in [0, 0.1) is 0 Å². The Labute approximate surface area is 171 Å². The molecular formula is C18H14F2N2O3S3. The second-order valence-corrected chi connectivity index (χ2v) is 8.28. The zero-order chi connectivity index (χ0) is 19.9. The summed E-state index contributed by atoms with van der Waals surface area (Å²) in [7, 11) is 0. The maximum atomic E-state index is 12.3. The van der Waals surface area contributed by atoms with E-state index in [-0.39, 0.29) is 6.42 Å². The second kappa shape index (κ2) is 9.76. The summed E-state index contributed by atoms with van der Waals surface area (Å²) >= 11 is 3.43. The van der Waals surface area contributed by atoms with Crippen molar-refractivity contribution in [2.24, 2.45) is 0 Å². The van der Waals surface area contributed by atoms with Crippen molar-refractivity contribution in [3.63, 3.8) is 0 Å². The fraction of sp³-hybridized carbons (Fsp3) is 0.167. The van der Waals surface area contributed by atoms with Gasteiger partial charge in [-0.25, -0.2) is 4.98 Å². The van der Waals surface area contributed by atoms with Crippen LogP contribution in [-0.2, 0) is 20.7 Å². The van der Waals surface area contributed by atoms with Gasteiger partial charge < -0.3 is 10.1 Å². The average molecular weight is 441 g/mol. The number of rotatable bonds is 8. The van der Waals surface area contributed by atoms with Gasteiger partial charge in [-0.3, -0.25) is 9.59 Å². The van der Waals surface area contributed by atoms with Gasteiger partial charge in [0.15, 0.2) is 6.61 Å². The number of benzene rings is 1. The van der Waals surface area contributed by atoms with E-state index in [1.807, 2.05) is 17.5 Å². The van der Waals surface area contributed by atoms with Gasteiger partial charge in [-0.1, -0.05) is 17.8 Å². The molecule has 0 bridgehead atoms. The molecule has 0 spiro atoms. The van der Waals surface area contributed by atoms with Gasteiger partial charge >= 0.3 is 5.97 Å². The number of carbonyl (C=O) groups excluding carboxylic acids is 2. The van der Waals surface area contributed by atoms with Crippen LogP contribution in [0.2, 0.25) is 0 Å². The molecule has 0 fully saturated rings. The Morgan fingerprint density at radius 2 is 1.96 bits per heavy atom. The summed E-state index contributed by atoms with van der Waals surface area (Å²) < 4.78 is 29.5. The number of thioether (sulfide) groups is 1. The third kappa shape index (κ3) is 6.11. The lowest BCUT2D eigenvalue weighted by Crippen LogP contribution is -2.21. The molecule has 0 aliphatic carbocycles. The first-order valence-corrected chi connectivity index (χ1v) is 10.6. The van der Waals surface area contributed by atoms with Crippen LogP contribution >= 0.6 is 34.4 Å². The molecule has 0 saturated carbocycles. The van der Waals surface area contributed by atoms with Crippen LogP contribution in [0.4, 0.5) is 14.5 Å². The molecule has 2 heterocycles. The summed E-state index contributed by atoms with van der Waals surface area (Å²) in [6.45, 7) is -0.436. The number of thiophene rings is 1. The van der Waals surface area contributed by atoms with E-state index in [1.165, 1.54) is 35.6 Å². The van der Waals surface area contributed by atoms with E-state index in [1.54, 1.807) is 16.7 Å². The van der Waals surface area contributed by atoms with E-state index < -0.39 is 24.2 Å². The Morgan fingerprint density at radius 1 is 1.18 bits per heavy atom. The normalized spacial score (nSPS) is 10.8. The second-order valence-electron chi connectivity index (χ2n) is 5.41. The van der Waals surface area contributed by atoms with Crippen LogP contribution in [0.5, 0.6) is 0 Å². The lowest BCUT2D eigenvalue weighted by molar-refractivity contribution is -0.146. The molecule has 1 aromatic carbocycles. The topological polar surface area (TPSA) is 68.3 Å². The third-order valence-corrected chi connectivity index (χ3v) is 5.99. The highest BCUT2D eigenvalue weighted by Gasteiger charge is 2.13. The first kappa shape index (κ1) is 20.4. The van der Waals surface area contributed by atoms with E-state index >= 15 is 0 Å². The smallest absolute Gasteiger partial charge is 0.312 e. The number of aromatic nitrogens is 1. The summed E-state index contributed by atoms with van der Waals surface area (Å²) in [6.07, 6.45) is -0.0191. The van der Waals surface area contributed by atoms with Gasteiger partial charge in [0, 0.05) is 16.0 Å². The number of amides is 1. The van der Waals surface area contributed by atoms with Crippen LogP contribution in [0.3, 0.4) is 0 Å². The largest absolute Gasteiger partial charge is 0.455 e. The van der Waals surface area contributed by atoms with E-state index in [4.69, 9.17) is 4.74 Å². The summed E-state index contributed by atoms with van der Waals surface area (Å²) in [4.78, 5) is 29.6. The fourth-order valence-electron chi connectivity index (χ4n) is 2.16. The highest BCUT2D eigenvalue weighted by atomic mass is 32.2. The quantitative estimate of drug-likeness (QED) is 0.398. The van der Waals surface area contributed by atoms with Crippen LogP contribution in [-0.4, -0.2) is 29.2 Å². The van der Waals surface area contributed by atoms with Crippen LogP contribution in [0.15, 0.2) is 52.1 Å². The van der Waals surface area contributed by atoms with E-state index in [9.17, 15) is 18.4 Å². The summed E-state index contributed by atoms with van der Waals surface area (Å²) in [5, 5.41) is 7.12. The van der Waals surface area contributed by atoms with E-state index in [2.05, 4.69) is 10.3 Å². The Hall–Kier alpha value is -2.30. The predicted octanol–water partition coefficient (Wildman–Crippen LogP) is 4.91. The first-order chi connectivity index (χ1) is 13.5. The number of alkyl halides is 2. The number of anilines is 1. The molecule has 5 nitrogen and oxygen atoms in total. The zero-order valence-corrected chi connectivity index (χ0v) is 16.7. The Morgan fingerprint density at radius 3 is 2.64 bits per heavy atom. The van der Waals surface area contributed by atoms with Gasteiger partial charge in [0.05, 0.1) is 17.0 Å². The SMILES string of the molecule is O=C(COC(=O)Cc1csc(-c2cccs2)n1)Nc1ccc(SC(F)F)cc1. The van der Waals surface area contributed by atoms with Crippen molar-refractivity contribution < 1.29 is 23.1 Å². The molecule has 28 heavy (non-hydrogen) atoms. The summed E-state index contributed by atoms with van der Waals surface area (Å²) in [6, 6.07) is 9.85. The Kier molecular flexibility index (Phi) is 7.12. The van der Waals surface area contributed by atoms with Gasteiger partial charge in [-0.05, 0) is 35.7 Å². The molecule has 0 aliphatic rings. The van der Waals surface area contributed by atoms with Gasteiger partial charge in [0.1, 0.15) is 5.01 Å². The van der Waals surface area contributed by atoms with Crippen LogP contribution < -0.4 is 5.32 Å². The number of hydrogen-bond donors (Lipinski definition) is 1. The highest BCUT2D eigenvalue weighted by Crippen LogP contribution is 2.28. The molecular weight excluding hydrogens is 426 g/mol. The van der Waals surface area contributed by atoms with E-state index in [0.717, 1.165) is 9.88 Å². The molecule has 2 aromatic heterocycles. The molecule has 0 saturated heterocycles. The van der Waals surface area contributed by atoms with Gasteiger partial charge in [0.2, 0.25) is 0 Å². The number of ether oxygens (including phenoxy) is 1. The molecule has 0 aliphatic heterocycles. The third-order valence-electron chi connectivity index (χ3n) is 3.34. The molecule has 3 aromatic rings. The van der Waals surface area contributed by atoms with Gasteiger partial charge in [0.25, 0.3) is 11.7 Å². The number of hydrogen-bond acceptors (Lipinski definition) is 7. The molecule has 0 unspecified atom stereocenters. The Balaban J connectivity index is 1.43. The number of nitrogens with one attached hydrogen (secondary N) is 1. The lowest BCUT2D eigenvalue weighted by Gasteiger charge is -2.07. The average Bonchev–Trinajstić information content (AvgIpc) is 3.33. The zero-order valence-electron chi connectivity index (χ0n) is 14.3. The Bertz CT molecular complexity index is 928. The lowest BCUT2D eigenvalue weighted by atomic mass is 10.3. The summed E-state index contributed by atoms with van der Waals surface area (Å²) in [5.41, 5.74) is 1.02. The van der Waals surface area contributed by atoms with Crippen molar-refractivity contribution >= 4 is 52.0 Å². The monoisotopic (exact) mass is 440 g/mol. The van der Waals surface area contributed by atoms with Crippen molar-refractivity contribution in [2.45, 2.75) is 17.1 Å². The molecule has 146 valence electrons. The van der Waals surface area contributed by atoms with Crippen molar-refractivity contribution in [3.8, 4) is 9.88 Å². The molecule has 1 amide bonds. The van der Waals surface area contributed by atoms with Crippen molar-refractivity contribution in [3.05, 3.63) is 52.9 Å². The predicted molar refractivity (Wildman–Crippen MR) is 107 cm³/mol. The van der Waals surface area contributed by atoms with Crippen molar-refractivity contribution in [2.75, 3.05) is 11.9 Å². The maximum absolute atomic E-state index is 12.3. The summed E-state index contributed by atoms with van der Waals surface area (Å²) in [5.74, 6) is -3.57. The maximum Gasteiger partial charge on any atom is 0.312 e. The first-order valence-electron chi connectivity index (χ1n) is 7.98. The standard InChI is InChI=1S/C18H14F2N2O3S3/c19-18(20)28-13-5-3-11(4-6-13)21-15(23)9-25-16(24)8-12-10-27-17(22-12)14-2-1-7-26-14/h1-7,10,18H,8-9H2,(H,21,23). The van der Waals surface area contributed by atoms with Crippen molar-refractivity contribution in [1.82, 2.24) is 4.98 Å². The molecule has 3 rings (SSSR count). The number of nitrogens with zero attached hydrogens (tertiary/aromatic N) is 1. The minimum absolute atomic E-state index is 0.0191. The van der Waals surface area contributed by atoms with Crippen LogP contribution in [0.25, 0.3) is 9.88 Å². The number of carbonyl (C=O) groups is 2. The van der Waals surface area contributed by atoms with Gasteiger partial charge in [-0.2, -0.15) is 8.78 Å². The van der Waals surface area contributed by atoms with Gasteiger partial charge in [-0.15, -0.1) is 22.7 Å². The fourth-order valence-corrected chi connectivity index (χ4v) is 4.30. The number of thiazole rings is 1. The highest BCUT2D eigenvalue weighted by molar-refractivity contribution is 7.99. The molecule has 0 radical (unpaired) electrons. The van der Waals surface area contributed by atoms with Crippen molar-refractivity contribution in [1.29, 1.82) is 0 Å². The number of esters is 1. The minimum Gasteiger partial charge on any atom is -0.455 e. The molecule has 1 N–H and O–H groups in total. The molecule has 0 atom stereocenters. The minimum atomic E-state index is -2.50. The number of halogens is 2. The molecule has 10 heteroatoms. The van der Waals surface area contributed by atoms with E-state index in [0.29, 0.717) is 28.0 Å².